The molecule has 0 saturated heterocycles. The molecular weight excluding hydrogens is 326 g/mol. The Morgan fingerprint density at radius 3 is 2.76 bits per heavy atom. The SMILES string of the molecule is NNC(Cc1cncc(Br)c1)C1CCC2CCCCC2C1. The van der Waals surface area contributed by atoms with E-state index in [0.717, 1.165) is 22.7 Å². The highest BCUT2D eigenvalue weighted by atomic mass is 79.9. The molecule has 3 nitrogen and oxygen atoms in total. The molecule has 3 N–H and O–H groups in total. The number of hydrogen-bond acceptors (Lipinski definition) is 3. The molecule has 1 aromatic heterocycles. The predicted molar refractivity (Wildman–Crippen MR) is 89.5 cm³/mol. The number of nitrogens with two attached hydrogens (primary N) is 1. The third-order valence-corrected chi connectivity index (χ3v) is 6.01. The monoisotopic (exact) mass is 351 g/mol. The van der Waals surface area contributed by atoms with Gasteiger partial charge in [0.2, 0.25) is 0 Å². The number of hydrogen-bond donors (Lipinski definition) is 2. The standard InChI is InChI=1S/C17H26BrN3/c18-16-7-12(10-20-11-16)8-17(21-19)15-6-5-13-3-1-2-4-14(13)9-15/h7,10-11,13-15,17,21H,1-6,8-9,19H2. The van der Waals surface area contributed by atoms with Gasteiger partial charge in [-0.3, -0.25) is 16.3 Å². The van der Waals surface area contributed by atoms with Crippen LogP contribution in [0.4, 0.5) is 0 Å². The van der Waals surface area contributed by atoms with Crippen molar-refractivity contribution in [1.82, 2.24) is 10.4 Å². The van der Waals surface area contributed by atoms with Crippen molar-refractivity contribution in [2.45, 2.75) is 57.4 Å². The maximum Gasteiger partial charge on any atom is 0.0410 e. The smallest absolute Gasteiger partial charge is 0.0410 e. The summed E-state index contributed by atoms with van der Waals surface area (Å²) in [5.74, 6) is 8.55. The largest absolute Gasteiger partial charge is 0.271 e. The normalized spacial score (nSPS) is 30.7. The Kier molecular flexibility index (Phi) is 5.30. The summed E-state index contributed by atoms with van der Waals surface area (Å²) >= 11 is 3.50. The lowest BCUT2D eigenvalue weighted by Crippen LogP contribution is -2.45. The van der Waals surface area contributed by atoms with E-state index < -0.39 is 0 Å². The van der Waals surface area contributed by atoms with Crippen molar-refractivity contribution < 1.29 is 0 Å². The molecule has 0 aromatic carbocycles. The lowest BCUT2D eigenvalue weighted by atomic mass is 9.66. The highest BCUT2D eigenvalue weighted by Crippen LogP contribution is 2.43. The van der Waals surface area contributed by atoms with E-state index in [-0.39, 0.29) is 0 Å². The van der Waals surface area contributed by atoms with E-state index >= 15 is 0 Å². The molecule has 4 unspecified atom stereocenters. The van der Waals surface area contributed by atoms with Crippen molar-refractivity contribution in [3.8, 4) is 0 Å². The number of fused-ring (bicyclic) bond motifs is 1. The topological polar surface area (TPSA) is 50.9 Å². The van der Waals surface area contributed by atoms with Gasteiger partial charge in [0.05, 0.1) is 0 Å². The third-order valence-electron chi connectivity index (χ3n) is 5.58. The van der Waals surface area contributed by atoms with Gasteiger partial charge >= 0.3 is 0 Å². The minimum atomic E-state index is 0.379. The number of hydrazine groups is 1. The van der Waals surface area contributed by atoms with Crippen LogP contribution < -0.4 is 11.3 Å². The number of halogens is 1. The first-order valence-electron chi connectivity index (χ1n) is 8.32. The van der Waals surface area contributed by atoms with Crippen LogP contribution in [0.2, 0.25) is 0 Å². The summed E-state index contributed by atoms with van der Waals surface area (Å²) in [6.45, 7) is 0. The summed E-state index contributed by atoms with van der Waals surface area (Å²) in [4.78, 5) is 4.27. The van der Waals surface area contributed by atoms with Crippen molar-refractivity contribution in [1.29, 1.82) is 0 Å². The fraction of sp³-hybridized carbons (Fsp3) is 0.706. The zero-order valence-electron chi connectivity index (χ0n) is 12.6. The van der Waals surface area contributed by atoms with Crippen LogP contribution in [0, 0.1) is 17.8 Å². The molecule has 0 amide bonds. The molecule has 2 fully saturated rings. The van der Waals surface area contributed by atoms with Crippen molar-refractivity contribution >= 4 is 15.9 Å². The molecule has 21 heavy (non-hydrogen) atoms. The van der Waals surface area contributed by atoms with Crippen molar-refractivity contribution in [2.75, 3.05) is 0 Å². The molecule has 0 aliphatic heterocycles. The average Bonchev–Trinajstić information content (AvgIpc) is 2.52. The Balaban J connectivity index is 1.63. The molecule has 116 valence electrons. The van der Waals surface area contributed by atoms with Crippen LogP contribution in [-0.2, 0) is 6.42 Å². The van der Waals surface area contributed by atoms with E-state index in [2.05, 4.69) is 32.4 Å². The average molecular weight is 352 g/mol. The molecule has 2 aliphatic rings. The summed E-state index contributed by atoms with van der Waals surface area (Å²) < 4.78 is 1.05. The Labute approximate surface area is 136 Å². The maximum atomic E-state index is 5.88. The molecule has 1 aromatic rings. The molecule has 0 radical (unpaired) electrons. The van der Waals surface area contributed by atoms with E-state index in [1.165, 1.54) is 50.5 Å². The summed E-state index contributed by atoms with van der Waals surface area (Å²) in [7, 11) is 0. The quantitative estimate of drug-likeness (QED) is 0.640. The van der Waals surface area contributed by atoms with Gasteiger partial charge in [-0.2, -0.15) is 0 Å². The van der Waals surface area contributed by atoms with Gasteiger partial charge in [-0.1, -0.05) is 25.7 Å². The molecule has 3 rings (SSSR count). The Hall–Kier alpha value is -0.450. The maximum absolute atomic E-state index is 5.88. The van der Waals surface area contributed by atoms with Crippen LogP contribution in [0.15, 0.2) is 22.9 Å². The number of aromatic nitrogens is 1. The minimum absolute atomic E-state index is 0.379. The van der Waals surface area contributed by atoms with Gasteiger partial charge in [-0.15, -0.1) is 0 Å². The fourth-order valence-corrected chi connectivity index (χ4v) is 4.87. The molecule has 2 aliphatic carbocycles. The second-order valence-corrected chi connectivity index (χ2v) is 7.78. The van der Waals surface area contributed by atoms with Gasteiger partial charge in [0.25, 0.3) is 0 Å². The van der Waals surface area contributed by atoms with Crippen molar-refractivity contribution in [3.05, 3.63) is 28.5 Å². The summed E-state index contributed by atoms with van der Waals surface area (Å²) in [5.41, 5.74) is 4.35. The zero-order chi connectivity index (χ0) is 14.7. The molecule has 0 bridgehead atoms. The second kappa shape index (κ2) is 7.21. The summed E-state index contributed by atoms with van der Waals surface area (Å²) in [6.07, 6.45) is 14.7. The van der Waals surface area contributed by atoms with E-state index in [0.29, 0.717) is 12.0 Å². The first-order chi connectivity index (χ1) is 10.3. The summed E-state index contributed by atoms with van der Waals surface area (Å²) in [6, 6.07) is 2.54. The van der Waals surface area contributed by atoms with Crippen LogP contribution in [0.3, 0.4) is 0 Å². The van der Waals surface area contributed by atoms with Gasteiger partial charge in [0.1, 0.15) is 0 Å². The molecule has 1 heterocycles. The van der Waals surface area contributed by atoms with E-state index in [4.69, 9.17) is 5.84 Å². The van der Waals surface area contributed by atoms with Crippen LogP contribution >= 0.6 is 15.9 Å². The number of nitrogens with zero attached hydrogens (tertiary/aromatic N) is 1. The molecule has 4 heteroatoms. The van der Waals surface area contributed by atoms with Gasteiger partial charge in [-0.25, -0.2) is 0 Å². The van der Waals surface area contributed by atoms with E-state index in [1.807, 2.05) is 12.4 Å². The van der Waals surface area contributed by atoms with Gasteiger partial charge in [-0.05, 0) is 71.0 Å². The first kappa shape index (κ1) is 15.4. The highest BCUT2D eigenvalue weighted by Gasteiger charge is 2.35. The lowest BCUT2D eigenvalue weighted by Gasteiger charge is -2.41. The van der Waals surface area contributed by atoms with Gasteiger partial charge in [0, 0.05) is 22.9 Å². The fourth-order valence-electron chi connectivity index (χ4n) is 4.46. The predicted octanol–water partition coefficient (Wildman–Crippen LogP) is 3.83. The van der Waals surface area contributed by atoms with E-state index in [1.54, 1.807) is 0 Å². The molecular formula is C17H26BrN3. The van der Waals surface area contributed by atoms with Gasteiger partial charge < -0.3 is 0 Å². The van der Waals surface area contributed by atoms with E-state index in [9.17, 15) is 0 Å². The second-order valence-electron chi connectivity index (χ2n) is 6.87. The third kappa shape index (κ3) is 3.85. The molecule has 2 saturated carbocycles. The van der Waals surface area contributed by atoms with Crippen LogP contribution in [0.1, 0.15) is 50.5 Å². The van der Waals surface area contributed by atoms with Crippen LogP contribution in [-0.4, -0.2) is 11.0 Å². The van der Waals surface area contributed by atoms with Crippen LogP contribution in [0.25, 0.3) is 0 Å². The molecule has 0 spiro atoms. The lowest BCUT2D eigenvalue weighted by molar-refractivity contribution is 0.109. The summed E-state index contributed by atoms with van der Waals surface area (Å²) in [5, 5.41) is 0. The minimum Gasteiger partial charge on any atom is -0.271 e. The number of rotatable bonds is 4. The Morgan fingerprint density at radius 2 is 2.00 bits per heavy atom. The van der Waals surface area contributed by atoms with Crippen molar-refractivity contribution in [2.24, 2.45) is 23.6 Å². The Morgan fingerprint density at radius 1 is 1.19 bits per heavy atom. The number of nitrogens with one attached hydrogen (secondary N) is 1. The zero-order valence-corrected chi connectivity index (χ0v) is 14.2. The molecule has 4 atom stereocenters. The highest BCUT2D eigenvalue weighted by molar-refractivity contribution is 9.10. The van der Waals surface area contributed by atoms with Crippen LogP contribution in [0.5, 0.6) is 0 Å². The Bertz CT molecular complexity index is 465. The first-order valence-corrected chi connectivity index (χ1v) is 9.11. The van der Waals surface area contributed by atoms with Crippen molar-refractivity contribution in [3.63, 3.8) is 0 Å². The number of pyridine rings is 1. The van der Waals surface area contributed by atoms with Gasteiger partial charge in [0.15, 0.2) is 0 Å².